The van der Waals surface area contributed by atoms with Crippen LogP contribution in [-0.2, 0) is 14.3 Å². The number of hydrogen-bond donors (Lipinski definition) is 1. The SMILES string of the molecule is CC[C@H]1C2=CC(=O)CC[C@]2(C)C2CC[C@@]3(C)C(CC[C@@H]3[C@H](C)COC(C)=O)C2C1O. The number of ketones is 1. The summed E-state index contributed by atoms with van der Waals surface area (Å²) in [6.07, 6.45) is 8.67. The van der Waals surface area contributed by atoms with Crippen molar-refractivity contribution in [3.05, 3.63) is 11.6 Å². The molecule has 0 heterocycles. The summed E-state index contributed by atoms with van der Waals surface area (Å²) in [5, 5.41) is 11.6. The van der Waals surface area contributed by atoms with E-state index in [0.717, 1.165) is 32.1 Å². The van der Waals surface area contributed by atoms with Crippen LogP contribution in [0.2, 0.25) is 0 Å². The summed E-state index contributed by atoms with van der Waals surface area (Å²) in [4.78, 5) is 23.6. The summed E-state index contributed by atoms with van der Waals surface area (Å²) in [6, 6.07) is 0. The van der Waals surface area contributed by atoms with Gasteiger partial charge in [0.15, 0.2) is 5.78 Å². The average Bonchev–Trinajstić information content (AvgIpc) is 3.05. The predicted octanol–water partition coefficient (Wildman–Crippen LogP) is 4.94. The largest absolute Gasteiger partial charge is 0.466 e. The van der Waals surface area contributed by atoms with Crippen LogP contribution < -0.4 is 0 Å². The molecule has 30 heavy (non-hydrogen) atoms. The second-order valence-corrected chi connectivity index (χ2v) is 11.3. The van der Waals surface area contributed by atoms with Crippen molar-refractivity contribution in [2.75, 3.05) is 6.61 Å². The molecule has 4 nitrogen and oxygen atoms in total. The fourth-order valence-electron chi connectivity index (χ4n) is 8.54. The van der Waals surface area contributed by atoms with E-state index >= 15 is 0 Å². The van der Waals surface area contributed by atoms with E-state index in [2.05, 4.69) is 27.7 Å². The first-order valence-electron chi connectivity index (χ1n) is 12.2. The van der Waals surface area contributed by atoms with E-state index < -0.39 is 0 Å². The Balaban J connectivity index is 1.65. The van der Waals surface area contributed by atoms with Gasteiger partial charge in [-0.05, 0) is 85.0 Å². The molecule has 0 aromatic heterocycles. The molecule has 4 heteroatoms. The molecule has 0 radical (unpaired) electrons. The summed E-state index contributed by atoms with van der Waals surface area (Å²) in [7, 11) is 0. The van der Waals surface area contributed by atoms with Crippen LogP contribution in [0.15, 0.2) is 11.6 Å². The lowest BCUT2D eigenvalue weighted by Gasteiger charge is -2.61. The number of aliphatic hydroxyl groups excluding tert-OH is 1. The molecule has 0 amide bonds. The highest BCUT2D eigenvalue weighted by molar-refractivity contribution is 5.91. The Morgan fingerprint density at radius 2 is 1.97 bits per heavy atom. The minimum Gasteiger partial charge on any atom is -0.466 e. The molecule has 0 spiro atoms. The minimum atomic E-state index is -0.350. The van der Waals surface area contributed by atoms with Crippen LogP contribution >= 0.6 is 0 Å². The van der Waals surface area contributed by atoms with E-state index in [-0.39, 0.29) is 34.6 Å². The fraction of sp³-hybridized carbons (Fsp3) is 0.846. The third kappa shape index (κ3) is 3.20. The number of rotatable bonds is 4. The van der Waals surface area contributed by atoms with Gasteiger partial charge in [0.25, 0.3) is 0 Å². The molecule has 0 aliphatic heterocycles. The second-order valence-electron chi connectivity index (χ2n) is 11.3. The van der Waals surface area contributed by atoms with Crippen molar-refractivity contribution in [1.29, 1.82) is 0 Å². The van der Waals surface area contributed by atoms with Gasteiger partial charge < -0.3 is 9.84 Å². The van der Waals surface area contributed by atoms with Gasteiger partial charge in [-0.2, -0.15) is 0 Å². The number of ether oxygens (including phenoxy) is 1. The first-order chi connectivity index (χ1) is 14.1. The van der Waals surface area contributed by atoms with E-state index in [0.29, 0.717) is 42.6 Å². The van der Waals surface area contributed by atoms with Crippen LogP contribution in [0.1, 0.15) is 79.6 Å². The number of carbonyl (C=O) groups excluding carboxylic acids is 2. The van der Waals surface area contributed by atoms with Gasteiger partial charge in [-0.3, -0.25) is 9.59 Å². The van der Waals surface area contributed by atoms with E-state index in [9.17, 15) is 14.7 Å². The van der Waals surface area contributed by atoms with Crippen molar-refractivity contribution >= 4 is 11.8 Å². The highest BCUT2D eigenvalue weighted by Crippen LogP contribution is 2.68. The maximum Gasteiger partial charge on any atom is 0.302 e. The van der Waals surface area contributed by atoms with Crippen LogP contribution in [-0.4, -0.2) is 29.6 Å². The molecular formula is C26H40O4. The lowest BCUT2D eigenvalue weighted by molar-refractivity contribution is -0.146. The maximum atomic E-state index is 12.3. The Bertz CT molecular complexity index is 741. The Labute approximate surface area is 181 Å². The van der Waals surface area contributed by atoms with Crippen molar-refractivity contribution < 1.29 is 19.4 Å². The lowest BCUT2D eigenvalue weighted by Crippen LogP contribution is -2.58. The smallest absolute Gasteiger partial charge is 0.302 e. The van der Waals surface area contributed by atoms with E-state index in [1.807, 2.05) is 6.08 Å². The summed E-state index contributed by atoms with van der Waals surface area (Å²) in [6.45, 7) is 11.2. The number of esters is 1. The summed E-state index contributed by atoms with van der Waals surface area (Å²) < 4.78 is 5.37. The molecule has 0 aromatic rings. The van der Waals surface area contributed by atoms with Gasteiger partial charge in [-0.25, -0.2) is 0 Å². The molecule has 0 saturated heterocycles. The van der Waals surface area contributed by atoms with Crippen molar-refractivity contribution in [3.63, 3.8) is 0 Å². The normalized spacial score (nSPS) is 46.3. The van der Waals surface area contributed by atoms with Gasteiger partial charge in [-0.1, -0.05) is 33.3 Å². The molecule has 0 aromatic carbocycles. The molecule has 168 valence electrons. The maximum absolute atomic E-state index is 12.3. The molecule has 9 atom stereocenters. The highest BCUT2D eigenvalue weighted by atomic mass is 16.5. The van der Waals surface area contributed by atoms with Crippen molar-refractivity contribution in [2.45, 2.75) is 85.7 Å². The standard InChI is InChI=1S/C26H40O4/c1-6-18-22-13-17(28)9-11-26(22,5)21-10-12-25(4)19(15(2)14-30-16(3)27)7-8-20(25)23(21)24(18)29/h13,15,18-21,23-24,29H,6-12,14H2,1-5H3/t15-,18+,19-,20?,21?,23?,24?,25-,26-/m1/s1. The first kappa shape index (κ1) is 22.0. The summed E-state index contributed by atoms with van der Waals surface area (Å²) in [5.41, 5.74) is 1.50. The van der Waals surface area contributed by atoms with Crippen LogP contribution in [0.25, 0.3) is 0 Å². The van der Waals surface area contributed by atoms with Crippen LogP contribution in [0.3, 0.4) is 0 Å². The van der Waals surface area contributed by atoms with Crippen LogP contribution in [0, 0.1) is 46.3 Å². The van der Waals surface area contributed by atoms with Crippen LogP contribution in [0.5, 0.6) is 0 Å². The molecule has 0 bridgehead atoms. The third-order valence-corrected chi connectivity index (χ3v) is 9.97. The Hall–Kier alpha value is -1.16. The van der Waals surface area contributed by atoms with Crippen molar-refractivity contribution in [1.82, 2.24) is 0 Å². The minimum absolute atomic E-state index is 0.0568. The number of carbonyl (C=O) groups is 2. The number of aliphatic hydroxyl groups is 1. The molecule has 1 N–H and O–H groups in total. The van der Waals surface area contributed by atoms with E-state index in [1.165, 1.54) is 18.9 Å². The average molecular weight is 417 g/mol. The lowest BCUT2D eigenvalue weighted by atomic mass is 9.43. The Morgan fingerprint density at radius 1 is 1.23 bits per heavy atom. The van der Waals surface area contributed by atoms with E-state index in [4.69, 9.17) is 4.74 Å². The summed E-state index contributed by atoms with van der Waals surface area (Å²) >= 11 is 0. The molecule has 4 rings (SSSR count). The van der Waals surface area contributed by atoms with Gasteiger partial charge in [0.05, 0.1) is 12.7 Å². The van der Waals surface area contributed by atoms with Crippen molar-refractivity contribution in [2.24, 2.45) is 46.3 Å². The first-order valence-corrected chi connectivity index (χ1v) is 12.2. The fourth-order valence-corrected chi connectivity index (χ4v) is 8.54. The van der Waals surface area contributed by atoms with Crippen LogP contribution in [0.4, 0.5) is 0 Å². The zero-order valence-electron chi connectivity index (χ0n) is 19.4. The Morgan fingerprint density at radius 3 is 2.63 bits per heavy atom. The molecule has 4 aliphatic carbocycles. The zero-order chi connectivity index (χ0) is 21.8. The number of fused-ring (bicyclic) bond motifs is 5. The molecule has 3 fully saturated rings. The van der Waals surface area contributed by atoms with Gasteiger partial charge in [0.2, 0.25) is 0 Å². The predicted molar refractivity (Wildman–Crippen MR) is 117 cm³/mol. The molecule has 4 unspecified atom stereocenters. The Kier molecular flexibility index (Phi) is 5.70. The van der Waals surface area contributed by atoms with Gasteiger partial charge in [0, 0.05) is 19.3 Å². The molecule has 3 saturated carbocycles. The van der Waals surface area contributed by atoms with E-state index in [1.54, 1.807) is 0 Å². The van der Waals surface area contributed by atoms with Crippen molar-refractivity contribution in [3.8, 4) is 0 Å². The molecule has 4 aliphatic rings. The third-order valence-electron chi connectivity index (χ3n) is 9.97. The quantitative estimate of drug-likeness (QED) is 0.659. The highest BCUT2D eigenvalue weighted by Gasteiger charge is 2.63. The topological polar surface area (TPSA) is 63.6 Å². The van der Waals surface area contributed by atoms with Gasteiger partial charge >= 0.3 is 5.97 Å². The molecular weight excluding hydrogens is 376 g/mol. The number of hydrogen-bond acceptors (Lipinski definition) is 4. The monoisotopic (exact) mass is 416 g/mol. The zero-order valence-corrected chi connectivity index (χ0v) is 19.4. The van der Waals surface area contributed by atoms with Gasteiger partial charge in [-0.15, -0.1) is 0 Å². The second kappa shape index (κ2) is 7.76. The van der Waals surface area contributed by atoms with Gasteiger partial charge in [0.1, 0.15) is 0 Å². The summed E-state index contributed by atoms with van der Waals surface area (Å²) in [5.74, 6) is 2.34.